The molecule has 5 rings (SSSR count). The van der Waals surface area contributed by atoms with Gasteiger partial charge in [0, 0.05) is 11.3 Å². The van der Waals surface area contributed by atoms with Gasteiger partial charge in [0.2, 0.25) is 0 Å². The molecule has 3 aliphatic rings. The predicted molar refractivity (Wildman–Crippen MR) is 106 cm³/mol. The van der Waals surface area contributed by atoms with Crippen LogP contribution in [-0.4, -0.2) is 16.8 Å². The van der Waals surface area contributed by atoms with Crippen LogP contribution in [-0.2, 0) is 42.0 Å². The lowest BCUT2D eigenvalue weighted by molar-refractivity contribution is 0.260. The van der Waals surface area contributed by atoms with Crippen molar-refractivity contribution in [2.24, 2.45) is 9.50 Å². The predicted octanol–water partition coefficient (Wildman–Crippen LogP) is 3.73. The third kappa shape index (κ3) is 2.75. The van der Waals surface area contributed by atoms with E-state index in [1.165, 1.54) is 11.3 Å². The van der Waals surface area contributed by atoms with E-state index in [4.69, 9.17) is 9.88 Å². The number of urea groups is 1. The summed E-state index contributed by atoms with van der Waals surface area (Å²) in [6, 6.07) is -0.764. The van der Waals surface area contributed by atoms with Crippen LogP contribution in [0.2, 0.25) is 0 Å². The zero-order valence-corrected chi connectivity index (χ0v) is 16.8. The normalized spacial score (nSPS) is 18.8. The number of hydrogen-bond donors (Lipinski definition) is 2. The van der Waals surface area contributed by atoms with E-state index in [1.54, 1.807) is 0 Å². The van der Waals surface area contributed by atoms with E-state index >= 15 is 0 Å². The number of amides is 2. The van der Waals surface area contributed by atoms with Gasteiger partial charge >= 0.3 is 6.03 Å². The number of rotatable bonds is 2. The Kier molecular flexibility index (Phi) is 4.22. The number of carbonyl (C=O) groups is 1. The van der Waals surface area contributed by atoms with Crippen molar-refractivity contribution in [1.82, 2.24) is 0 Å². The van der Waals surface area contributed by atoms with Crippen LogP contribution in [0.4, 0.5) is 14.9 Å². The van der Waals surface area contributed by atoms with E-state index in [0.29, 0.717) is 46.2 Å². The van der Waals surface area contributed by atoms with Gasteiger partial charge in [-0.3, -0.25) is 0 Å². The molecule has 3 N–H and O–H groups in total. The quantitative estimate of drug-likeness (QED) is 0.774. The SMILES string of the molecule is NS(=O)(=NC(=O)Nc1c2c(c(F)c3c1CC3)CCC2)c1scc2c1OCCC2. The van der Waals surface area contributed by atoms with Crippen LogP contribution in [0.25, 0.3) is 0 Å². The Morgan fingerprint density at radius 2 is 1.86 bits per heavy atom. The number of nitrogens with one attached hydrogen (secondary N) is 1. The van der Waals surface area contributed by atoms with Crippen molar-refractivity contribution in [3.05, 3.63) is 39.0 Å². The Hall–Kier alpha value is -1.97. The summed E-state index contributed by atoms with van der Waals surface area (Å²) in [4.78, 5) is 12.6. The lowest BCUT2D eigenvalue weighted by Crippen LogP contribution is -2.22. The van der Waals surface area contributed by atoms with Gasteiger partial charge in [-0.1, -0.05) is 0 Å². The molecule has 0 bridgehead atoms. The van der Waals surface area contributed by atoms with E-state index in [0.717, 1.165) is 48.8 Å². The molecule has 2 aliphatic carbocycles. The average Bonchev–Trinajstić information content (AvgIpc) is 3.26. The molecule has 1 atom stereocenters. The standard InChI is InChI=1S/C19H20FN3O3S2/c20-15-11-4-1-5-13(11)16(14-7-6-12(14)15)22-19(24)23-28(21,25)18-17-10(9-27-18)3-2-8-26-17/h9H,1-8H2,(H3,21,22,23,24,25). The lowest BCUT2D eigenvalue weighted by Gasteiger charge is -2.26. The second-order valence-corrected chi connectivity index (χ2v) is 10.2. The van der Waals surface area contributed by atoms with Crippen molar-refractivity contribution >= 4 is 33.0 Å². The van der Waals surface area contributed by atoms with Crippen LogP contribution in [0.5, 0.6) is 5.75 Å². The fourth-order valence-electron chi connectivity index (χ4n) is 4.29. The number of ether oxygens (including phenoxy) is 1. The summed E-state index contributed by atoms with van der Waals surface area (Å²) in [5, 5.41) is 10.6. The van der Waals surface area contributed by atoms with Gasteiger partial charge in [-0.2, -0.15) is 0 Å². The molecule has 1 aromatic carbocycles. The van der Waals surface area contributed by atoms with Crippen molar-refractivity contribution in [2.45, 2.75) is 49.2 Å². The Labute approximate surface area is 166 Å². The molecule has 0 spiro atoms. The molecule has 1 aliphatic heterocycles. The van der Waals surface area contributed by atoms with Crippen LogP contribution < -0.4 is 15.2 Å². The molecule has 2 amide bonds. The molecule has 148 valence electrons. The first-order chi connectivity index (χ1) is 13.5. The van der Waals surface area contributed by atoms with Gasteiger partial charge in [0.05, 0.1) is 6.61 Å². The van der Waals surface area contributed by atoms with Gasteiger partial charge < -0.3 is 10.1 Å². The molecule has 1 aromatic heterocycles. The van der Waals surface area contributed by atoms with Crippen LogP contribution in [0.15, 0.2) is 14.0 Å². The first-order valence-electron chi connectivity index (χ1n) is 9.39. The maximum absolute atomic E-state index is 14.5. The van der Waals surface area contributed by atoms with Gasteiger partial charge in [0.25, 0.3) is 0 Å². The Morgan fingerprint density at radius 3 is 2.64 bits per heavy atom. The molecule has 0 saturated heterocycles. The van der Waals surface area contributed by atoms with Gasteiger partial charge in [-0.25, -0.2) is 18.5 Å². The molecule has 0 saturated carbocycles. The fourth-order valence-corrected chi connectivity index (χ4v) is 6.70. The highest BCUT2D eigenvalue weighted by atomic mass is 32.2. The van der Waals surface area contributed by atoms with Gasteiger partial charge in [0.15, 0.2) is 19.9 Å². The minimum absolute atomic E-state index is 0.117. The Bertz CT molecular complexity index is 1130. The summed E-state index contributed by atoms with van der Waals surface area (Å²) in [6.07, 6.45) is 5.40. The molecule has 2 heterocycles. The summed E-state index contributed by atoms with van der Waals surface area (Å²) < 4.78 is 37.2. The van der Waals surface area contributed by atoms with Crippen LogP contribution >= 0.6 is 11.3 Å². The van der Waals surface area contributed by atoms with Gasteiger partial charge in [0.1, 0.15) is 5.82 Å². The van der Waals surface area contributed by atoms with E-state index in [-0.39, 0.29) is 5.82 Å². The zero-order chi connectivity index (χ0) is 19.5. The van der Waals surface area contributed by atoms with Crippen molar-refractivity contribution < 1.29 is 18.1 Å². The summed E-state index contributed by atoms with van der Waals surface area (Å²) in [5.41, 5.74) is 4.66. The van der Waals surface area contributed by atoms with E-state index in [2.05, 4.69) is 9.68 Å². The fraction of sp³-hybridized carbons (Fsp3) is 0.421. The van der Waals surface area contributed by atoms with Crippen LogP contribution in [0.3, 0.4) is 0 Å². The van der Waals surface area contributed by atoms with E-state index < -0.39 is 15.9 Å². The Morgan fingerprint density at radius 1 is 1.14 bits per heavy atom. The maximum Gasteiger partial charge on any atom is 0.354 e. The van der Waals surface area contributed by atoms with Crippen LogP contribution in [0, 0.1) is 5.82 Å². The first kappa shape index (κ1) is 18.1. The van der Waals surface area contributed by atoms with Crippen molar-refractivity contribution in [2.75, 3.05) is 11.9 Å². The first-order valence-corrected chi connectivity index (χ1v) is 11.9. The number of thiophene rings is 1. The molecule has 28 heavy (non-hydrogen) atoms. The van der Waals surface area contributed by atoms with Gasteiger partial charge in [-0.05, 0) is 72.6 Å². The molecule has 1 unspecified atom stereocenters. The summed E-state index contributed by atoms with van der Waals surface area (Å²) in [5.74, 6) is 0.390. The molecule has 0 fully saturated rings. The number of fused-ring (bicyclic) bond motifs is 3. The second kappa shape index (κ2) is 6.53. The number of benzene rings is 1. The number of anilines is 1. The molecular weight excluding hydrogens is 401 g/mol. The van der Waals surface area contributed by atoms with Crippen molar-refractivity contribution in [3.63, 3.8) is 0 Å². The van der Waals surface area contributed by atoms with Crippen molar-refractivity contribution in [3.8, 4) is 5.75 Å². The summed E-state index contributed by atoms with van der Waals surface area (Å²) >= 11 is 1.21. The monoisotopic (exact) mass is 421 g/mol. The van der Waals surface area contributed by atoms with Gasteiger partial charge in [-0.15, -0.1) is 15.7 Å². The number of halogens is 1. The second-order valence-electron chi connectivity index (χ2n) is 7.38. The average molecular weight is 422 g/mol. The lowest BCUT2D eigenvalue weighted by atomic mass is 9.83. The topological polar surface area (TPSA) is 93.8 Å². The number of hydrogen-bond acceptors (Lipinski definition) is 4. The number of aryl methyl sites for hydroxylation is 1. The highest BCUT2D eigenvalue weighted by molar-refractivity contribution is 7.93. The number of nitrogens with zero attached hydrogens (tertiary/aromatic N) is 1. The third-order valence-corrected chi connectivity index (χ3v) is 8.64. The Balaban J connectivity index is 1.49. The van der Waals surface area contributed by atoms with E-state index in [9.17, 15) is 13.4 Å². The molecule has 2 aromatic rings. The highest BCUT2D eigenvalue weighted by Crippen LogP contribution is 2.42. The molecule has 6 nitrogen and oxygen atoms in total. The number of nitrogens with two attached hydrogens (primary N) is 1. The highest BCUT2D eigenvalue weighted by Gasteiger charge is 2.32. The van der Waals surface area contributed by atoms with E-state index in [1.807, 2.05) is 5.38 Å². The van der Waals surface area contributed by atoms with Crippen molar-refractivity contribution in [1.29, 1.82) is 0 Å². The maximum atomic E-state index is 14.5. The molecular formula is C19H20FN3O3S2. The molecule has 9 heteroatoms. The minimum Gasteiger partial charge on any atom is -0.491 e. The number of carbonyl (C=O) groups excluding carboxylic acids is 1. The molecule has 0 radical (unpaired) electrons. The zero-order valence-electron chi connectivity index (χ0n) is 15.2. The largest absolute Gasteiger partial charge is 0.491 e. The summed E-state index contributed by atoms with van der Waals surface area (Å²) in [6.45, 7) is 0.534. The smallest absolute Gasteiger partial charge is 0.354 e. The third-order valence-electron chi connectivity index (χ3n) is 5.68. The van der Waals surface area contributed by atoms with Crippen LogP contribution in [0.1, 0.15) is 40.7 Å². The minimum atomic E-state index is -3.42. The summed E-state index contributed by atoms with van der Waals surface area (Å²) in [7, 11) is -3.42.